The summed E-state index contributed by atoms with van der Waals surface area (Å²) < 4.78 is 0. The second-order valence-electron chi connectivity index (χ2n) is 5.87. The molecule has 0 saturated heterocycles. The van der Waals surface area contributed by atoms with E-state index in [0.29, 0.717) is 29.6 Å². The highest BCUT2D eigenvalue weighted by atomic mass is 16.6. The first-order chi connectivity index (χ1) is 9.32. The van der Waals surface area contributed by atoms with Gasteiger partial charge in [-0.3, -0.25) is 15.1 Å². The lowest BCUT2D eigenvalue weighted by atomic mass is 10.0. The van der Waals surface area contributed by atoms with E-state index in [-0.39, 0.29) is 10.6 Å². The van der Waals surface area contributed by atoms with E-state index in [9.17, 15) is 10.1 Å². The van der Waals surface area contributed by atoms with E-state index in [1.165, 1.54) is 6.42 Å². The molecule has 112 valence electrons. The quantitative estimate of drug-likeness (QED) is 0.612. The highest BCUT2D eigenvalue weighted by Crippen LogP contribution is 2.24. The largest absolute Gasteiger partial charge is 0.309 e. The Morgan fingerprint density at radius 1 is 1.30 bits per heavy atom. The van der Waals surface area contributed by atoms with Crippen LogP contribution in [0.25, 0.3) is 0 Å². The predicted octanol–water partition coefficient (Wildman–Crippen LogP) is 3.52. The molecule has 0 saturated carbocycles. The van der Waals surface area contributed by atoms with Crippen LogP contribution in [0.4, 0.5) is 5.69 Å². The molecule has 0 aliphatic heterocycles. The fraction of sp³-hybridized carbons (Fsp3) is 0.667. The van der Waals surface area contributed by atoms with Crippen LogP contribution in [0.2, 0.25) is 0 Å². The van der Waals surface area contributed by atoms with Gasteiger partial charge in [0.1, 0.15) is 0 Å². The molecular formula is C15H25N3O2. The molecule has 0 amide bonds. The van der Waals surface area contributed by atoms with Crippen molar-refractivity contribution in [2.75, 3.05) is 0 Å². The summed E-state index contributed by atoms with van der Waals surface area (Å²) in [6.07, 6.45) is 3.86. The topological polar surface area (TPSA) is 68.1 Å². The zero-order valence-electron chi connectivity index (χ0n) is 13.1. The van der Waals surface area contributed by atoms with Gasteiger partial charge in [0, 0.05) is 29.9 Å². The Labute approximate surface area is 121 Å². The lowest BCUT2D eigenvalue weighted by Gasteiger charge is -2.15. The minimum atomic E-state index is -0.321. The van der Waals surface area contributed by atoms with Crippen LogP contribution in [0.15, 0.2) is 6.20 Å². The summed E-state index contributed by atoms with van der Waals surface area (Å²) in [4.78, 5) is 15.1. The molecule has 1 aromatic heterocycles. The van der Waals surface area contributed by atoms with Crippen LogP contribution in [0, 0.1) is 29.9 Å². The number of rotatable bonds is 7. The van der Waals surface area contributed by atoms with E-state index < -0.39 is 0 Å². The average Bonchev–Trinajstić information content (AvgIpc) is 2.35. The van der Waals surface area contributed by atoms with Crippen LogP contribution in [0.5, 0.6) is 0 Å². The van der Waals surface area contributed by atoms with Crippen molar-refractivity contribution < 1.29 is 4.92 Å². The normalized spacial score (nSPS) is 12.7. The van der Waals surface area contributed by atoms with Crippen LogP contribution < -0.4 is 5.32 Å². The molecule has 1 unspecified atom stereocenters. The molecule has 1 heterocycles. The highest BCUT2D eigenvalue weighted by Gasteiger charge is 2.18. The van der Waals surface area contributed by atoms with Crippen LogP contribution in [0.3, 0.4) is 0 Å². The van der Waals surface area contributed by atoms with Crippen LogP contribution >= 0.6 is 0 Å². The Balaban J connectivity index is 2.69. The molecule has 0 bridgehead atoms. The lowest BCUT2D eigenvalue weighted by molar-refractivity contribution is -0.386. The second kappa shape index (κ2) is 7.33. The van der Waals surface area contributed by atoms with E-state index >= 15 is 0 Å². The molecule has 0 radical (unpaired) electrons. The van der Waals surface area contributed by atoms with Crippen molar-refractivity contribution in [2.45, 2.75) is 60.0 Å². The zero-order chi connectivity index (χ0) is 15.3. The van der Waals surface area contributed by atoms with Gasteiger partial charge in [0.2, 0.25) is 0 Å². The number of hydrogen-bond donors (Lipinski definition) is 1. The first-order valence-corrected chi connectivity index (χ1v) is 7.15. The molecule has 1 atom stereocenters. The third kappa shape index (κ3) is 4.56. The SMILES string of the molecule is Cc1cnc(CNC(C)CCC(C)C)c(C)c1[N+](=O)[O-]. The maximum absolute atomic E-state index is 11.1. The third-order valence-corrected chi connectivity index (χ3v) is 3.55. The average molecular weight is 279 g/mol. The first-order valence-electron chi connectivity index (χ1n) is 7.15. The summed E-state index contributed by atoms with van der Waals surface area (Å²) in [5.74, 6) is 0.694. The summed E-state index contributed by atoms with van der Waals surface area (Å²) in [5.41, 5.74) is 2.23. The Hall–Kier alpha value is -1.49. The molecular weight excluding hydrogens is 254 g/mol. The molecule has 1 aromatic rings. The molecule has 0 aliphatic rings. The number of nitrogens with zero attached hydrogens (tertiary/aromatic N) is 2. The third-order valence-electron chi connectivity index (χ3n) is 3.55. The van der Waals surface area contributed by atoms with Crippen molar-refractivity contribution in [1.82, 2.24) is 10.3 Å². The monoisotopic (exact) mass is 279 g/mol. The van der Waals surface area contributed by atoms with Crippen LogP contribution in [-0.2, 0) is 6.54 Å². The van der Waals surface area contributed by atoms with Crippen molar-refractivity contribution in [3.05, 3.63) is 33.1 Å². The Morgan fingerprint density at radius 2 is 1.95 bits per heavy atom. The summed E-state index contributed by atoms with van der Waals surface area (Å²) in [6.45, 7) is 10.6. The summed E-state index contributed by atoms with van der Waals surface area (Å²) in [5, 5.41) is 14.5. The number of aromatic nitrogens is 1. The fourth-order valence-corrected chi connectivity index (χ4v) is 2.18. The van der Waals surface area contributed by atoms with Crippen molar-refractivity contribution in [2.24, 2.45) is 5.92 Å². The molecule has 0 aromatic carbocycles. The van der Waals surface area contributed by atoms with Gasteiger partial charge in [-0.25, -0.2) is 0 Å². The Kier molecular flexibility index (Phi) is 6.07. The molecule has 0 spiro atoms. The minimum absolute atomic E-state index is 0.187. The van der Waals surface area contributed by atoms with E-state index in [1.807, 2.05) is 0 Å². The van der Waals surface area contributed by atoms with Gasteiger partial charge < -0.3 is 5.32 Å². The first kappa shape index (κ1) is 16.6. The van der Waals surface area contributed by atoms with E-state index in [0.717, 1.165) is 12.1 Å². The fourth-order valence-electron chi connectivity index (χ4n) is 2.18. The van der Waals surface area contributed by atoms with Gasteiger partial charge >= 0.3 is 0 Å². The van der Waals surface area contributed by atoms with Gasteiger partial charge in [0.05, 0.1) is 10.6 Å². The lowest BCUT2D eigenvalue weighted by Crippen LogP contribution is -2.26. The van der Waals surface area contributed by atoms with E-state index in [1.54, 1.807) is 20.0 Å². The van der Waals surface area contributed by atoms with Crippen molar-refractivity contribution in [1.29, 1.82) is 0 Å². The van der Waals surface area contributed by atoms with Gasteiger partial charge in [-0.2, -0.15) is 0 Å². The van der Waals surface area contributed by atoms with Gasteiger partial charge in [0.15, 0.2) is 0 Å². The Bertz CT molecular complexity index is 472. The minimum Gasteiger partial charge on any atom is -0.309 e. The van der Waals surface area contributed by atoms with Crippen molar-refractivity contribution in [3.8, 4) is 0 Å². The van der Waals surface area contributed by atoms with Gasteiger partial charge in [-0.15, -0.1) is 0 Å². The number of nitrogens with one attached hydrogen (secondary N) is 1. The van der Waals surface area contributed by atoms with E-state index in [4.69, 9.17) is 0 Å². The maximum atomic E-state index is 11.1. The molecule has 1 rings (SSSR count). The number of nitro groups is 1. The molecule has 1 N–H and O–H groups in total. The number of aryl methyl sites for hydroxylation is 1. The molecule has 0 aliphatic carbocycles. The molecule has 20 heavy (non-hydrogen) atoms. The van der Waals surface area contributed by atoms with Gasteiger partial charge in [-0.1, -0.05) is 13.8 Å². The molecule has 5 heteroatoms. The van der Waals surface area contributed by atoms with Crippen LogP contribution in [-0.4, -0.2) is 15.9 Å². The molecule has 5 nitrogen and oxygen atoms in total. The standard InChI is InChI=1S/C15H25N3O2/c1-10(2)6-7-12(4)16-9-14-13(5)15(18(19)20)11(3)8-17-14/h8,10,12,16H,6-7,9H2,1-5H3. The number of hydrogen-bond acceptors (Lipinski definition) is 4. The number of pyridine rings is 1. The summed E-state index contributed by atoms with van der Waals surface area (Å²) >= 11 is 0. The van der Waals surface area contributed by atoms with E-state index in [2.05, 4.69) is 31.1 Å². The predicted molar refractivity (Wildman–Crippen MR) is 80.7 cm³/mol. The maximum Gasteiger partial charge on any atom is 0.278 e. The second-order valence-corrected chi connectivity index (χ2v) is 5.87. The summed E-state index contributed by atoms with van der Waals surface area (Å²) in [7, 11) is 0. The smallest absolute Gasteiger partial charge is 0.278 e. The summed E-state index contributed by atoms with van der Waals surface area (Å²) in [6, 6.07) is 0.388. The zero-order valence-corrected chi connectivity index (χ0v) is 13.1. The highest BCUT2D eigenvalue weighted by molar-refractivity contribution is 5.47. The molecule has 0 fully saturated rings. The van der Waals surface area contributed by atoms with Gasteiger partial charge in [0.25, 0.3) is 5.69 Å². The van der Waals surface area contributed by atoms with Gasteiger partial charge in [-0.05, 0) is 39.5 Å². The van der Waals surface area contributed by atoms with Crippen molar-refractivity contribution in [3.63, 3.8) is 0 Å². The van der Waals surface area contributed by atoms with Crippen LogP contribution in [0.1, 0.15) is 50.4 Å². The van der Waals surface area contributed by atoms with Crippen molar-refractivity contribution >= 4 is 5.69 Å². The Morgan fingerprint density at radius 3 is 2.50 bits per heavy atom.